The van der Waals surface area contributed by atoms with Crippen LogP contribution in [0.1, 0.15) is 11.5 Å². The van der Waals surface area contributed by atoms with Crippen LogP contribution < -0.4 is 0 Å². The molecular formula is C9H9O2. The maximum absolute atomic E-state index is 5.24. The molecule has 0 saturated heterocycles. The molecule has 0 aliphatic rings. The molecule has 0 saturated carbocycles. The van der Waals surface area contributed by atoms with Gasteiger partial charge < -0.3 is 9.15 Å². The summed E-state index contributed by atoms with van der Waals surface area (Å²) in [4.78, 5) is 0. The molecule has 57 valence electrons. The SMILES string of the molecule is C#C[CH]c1ccc(COC)o1. The Hall–Kier alpha value is -1.20. The minimum absolute atomic E-state index is 0.485. The van der Waals surface area contributed by atoms with Crippen LogP contribution in [-0.4, -0.2) is 7.11 Å². The van der Waals surface area contributed by atoms with Crippen molar-refractivity contribution in [3.63, 3.8) is 0 Å². The standard InChI is InChI=1S/C9H9O2/c1-3-4-8-5-6-9(11-8)7-10-2/h1,4-6H,7H2,2H3. The Labute approximate surface area is 66.2 Å². The van der Waals surface area contributed by atoms with E-state index in [1.165, 1.54) is 0 Å². The Kier molecular flexibility index (Phi) is 2.76. The van der Waals surface area contributed by atoms with Gasteiger partial charge in [-0.1, -0.05) is 5.92 Å². The summed E-state index contributed by atoms with van der Waals surface area (Å²) in [6.45, 7) is 0.485. The van der Waals surface area contributed by atoms with Gasteiger partial charge in [-0.2, -0.15) is 0 Å². The van der Waals surface area contributed by atoms with Gasteiger partial charge in [0.25, 0.3) is 0 Å². The van der Waals surface area contributed by atoms with E-state index in [1.807, 2.05) is 12.1 Å². The van der Waals surface area contributed by atoms with Gasteiger partial charge in [-0.25, -0.2) is 0 Å². The largest absolute Gasteiger partial charge is 0.462 e. The predicted octanol–water partition coefficient (Wildman–Crippen LogP) is 1.61. The van der Waals surface area contributed by atoms with Crippen molar-refractivity contribution in [2.45, 2.75) is 6.61 Å². The van der Waals surface area contributed by atoms with Crippen LogP contribution in [0.5, 0.6) is 0 Å². The quantitative estimate of drug-likeness (QED) is 0.609. The Morgan fingerprint density at radius 2 is 2.55 bits per heavy atom. The van der Waals surface area contributed by atoms with Crippen molar-refractivity contribution in [1.82, 2.24) is 0 Å². The molecule has 1 heterocycles. The first-order chi connectivity index (χ1) is 5.36. The first-order valence-corrected chi connectivity index (χ1v) is 3.24. The summed E-state index contributed by atoms with van der Waals surface area (Å²) < 4.78 is 10.1. The number of hydrogen-bond acceptors (Lipinski definition) is 2. The molecule has 0 atom stereocenters. The van der Waals surface area contributed by atoms with Gasteiger partial charge in [0.15, 0.2) is 0 Å². The number of rotatable bonds is 3. The highest BCUT2D eigenvalue weighted by Crippen LogP contribution is 2.09. The molecule has 0 aliphatic carbocycles. The lowest BCUT2D eigenvalue weighted by molar-refractivity contribution is 0.163. The van der Waals surface area contributed by atoms with Crippen molar-refractivity contribution >= 4 is 0 Å². The Morgan fingerprint density at radius 1 is 1.73 bits per heavy atom. The normalized spacial score (nSPS) is 9.45. The fourth-order valence-corrected chi connectivity index (χ4v) is 0.774. The third-order valence-corrected chi connectivity index (χ3v) is 1.19. The van der Waals surface area contributed by atoms with Crippen LogP contribution in [0.4, 0.5) is 0 Å². The lowest BCUT2D eigenvalue weighted by atomic mass is 10.3. The molecule has 0 spiro atoms. The molecule has 1 rings (SSSR count). The van der Waals surface area contributed by atoms with Crippen molar-refractivity contribution in [3.8, 4) is 12.3 Å². The van der Waals surface area contributed by atoms with E-state index in [1.54, 1.807) is 13.5 Å². The van der Waals surface area contributed by atoms with Gasteiger partial charge in [-0.3, -0.25) is 0 Å². The Balaban J connectivity index is 2.60. The topological polar surface area (TPSA) is 22.4 Å². The van der Waals surface area contributed by atoms with Gasteiger partial charge in [-0.05, 0) is 12.1 Å². The molecule has 0 fully saturated rings. The lowest BCUT2D eigenvalue weighted by Crippen LogP contribution is -1.82. The molecule has 2 nitrogen and oxygen atoms in total. The summed E-state index contributed by atoms with van der Waals surface area (Å²) in [5, 5.41) is 0. The maximum Gasteiger partial charge on any atom is 0.129 e. The minimum atomic E-state index is 0.485. The maximum atomic E-state index is 5.24. The molecular weight excluding hydrogens is 140 g/mol. The van der Waals surface area contributed by atoms with E-state index >= 15 is 0 Å². The second-order valence-corrected chi connectivity index (χ2v) is 2.05. The van der Waals surface area contributed by atoms with Crippen molar-refractivity contribution in [1.29, 1.82) is 0 Å². The molecule has 0 bridgehead atoms. The fraction of sp³-hybridized carbons (Fsp3) is 0.222. The average molecular weight is 149 g/mol. The summed E-state index contributed by atoms with van der Waals surface area (Å²) in [5.74, 6) is 3.86. The second-order valence-electron chi connectivity index (χ2n) is 2.05. The molecule has 0 aromatic carbocycles. The number of hydrogen-bond donors (Lipinski definition) is 0. The summed E-state index contributed by atoms with van der Waals surface area (Å²) in [6, 6.07) is 3.65. The summed E-state index contributed by atoms with van der Waals surface area (Å²) >= 11 is 0. The van der Waals surface area contributed by atoms with E-state index in [4.69, 9.17) is 15.6 Å². The van der Waals surface area contributed by atoms with E-state index in [9.17, 15) is 0 Å². The number of ether oxygens (including phenoxy) is 1. The Bertz CT molecular complexity index is 255. The third-order valence-electron chi connectivity index (χ3n) is 1.19. The molecule has 11 heavy (non-hydrogen) atoms. The highest BCUT2D eigenvalue weighted by molar-refractivity contribution is 5.23. The first-order valence-electron chi connectivity index (χ1n) is 3.24. The van der Waals surface area contributed by atoms with Crippen LogP contribution in [0.15, 0.2) is 16.5 Å². The van der Waals surface area contributed by atoms with Gasteiger partial charge in [-0.15, -0.1) is 6.42 Å². The predicted molar refractivity (Wildman–Crippen MR) is 41.7 cm³/mol. The molecule has 2 heteroatoms. The molecule has 0 amide bonds. The molecule has 0 aliphatic heterocycles. The smallest absolute Gasteiger partial charge is 0.129 e. The summed E-state index contributed by atoms with van der Waals surface area (Å²) in [5.41, 5.74) is 0. The van der Waals surface area contributed by atoms with Gasteiger partial charge in [0.1, 0.15) is 18.1 Å². The highest BCUT2D eigenvalue weighted by atomic mass is 16.5. The van der Waals surface area contributed by atoms with Crippen LogP contribution in [0.25, 0.3) is 0 Å². The minimum Gasteiger partial charge on any atom is -0.462 e. The molecule has 1 radical (unpaired) electrons. The molecule has 0 unspecified atom stereocenters. The molecule has 1 aromatic rings. The van der Waals surface area contributed by atoms with Gasteiger partial charge >= 0.3 is 0 Å². The monoisotopic (exact) mass is 149 g/mol. The van der Waals surface area contributed by atoms with Crippen LogP contribution in [-0.2, 0) is 11.3 Å². The van der Waals surface area contributed by atoms with Crippen molar-refractivity contribution in [3.05, 3.63) is 30.1 Å². The third kappa shape index (κ3) is 2.14. The first kappa shape index (κ1) is 7.90. The van der Waals surface area contributed by atoms with E-state index in [2.05, 4.69) is 5.92 Å². The molecule has 1 aromatic heterocycles. The van der Waals surface area contributed by atoms with Gasteiger partial charge in [0.05, 0.1) is 6.42 Å². The van der Waals surface area contributed by atoms with E-state index in [-0.39, 0.29) is 0 Å². The number of terminal acetylenes is 1. The number of methoxy groups -OCH3 is 1. The zero-order chi connectivity index (χ0) is 8.10. The summed E-state index contributed by atoms with van der Waals surface area (Å²) in [6.07, 6.45) is 6.62. The Morgan fingerprint density at radius 3 is 3.18 bits per heavy atom. The average Bonchev–Trinajstić information content (AvgIpc) is 2.38. The fourth-order valence-electron chi connectivity index (χ4n) is 0.774. The van der Waals surface area contributed by atoms with Crippen molar-refractivity contribution < 1.29 is 9.15 Å². The van der Waals surface area contributed by atoms with Crippen LogP contribution >= 0.6 is 0 Å². The van der Waals surface area contributed by atoms with Crippen LogP contribution in [0, 0.1) is 18.8 Å². The molecule has 0 N–H and O–H groups in total. The van der Waals surface area contributed by atoms with E-state index in [0.717, 1.165) is 5.76 Å². The number of furan rings is 1. The second kappa shape index (κ2) is 3.85. The van der Waals surface area contributed by atoms with Crippen molar-refractivity contribution in [2.24, 2.45) is 0 Å². The summed E-state index contributed by atoms with van der Waals surface area (Å²) in [7, 11) is 1.62. The zero-order valence-corrected chi connectivity index (χ0v) is 6.33. The lowest BCUT2D eigenvalue weighted by Gasteiger charge is -1.91. The van der Waals surface area contributed by atoms with Gasteiger partial charge in [0, 0.05) is 7.11 Å². The van der Waals surface area contributed by atoms with Crippen LogP contribution in [0.3, 0.4) is 0 Å². The van der Waals surface area contributed by atoms with Crippen LogP contribution in [0.2, 0.25) is 0 Å². The van der Waals surface area contributed by atoms with Crippen molar-refractivity contribution in [2.75, 3.05) is 7.11 Å². The zero-order valence-electron chi connectivity index (χ0n) is 6.33. The van der Waals surface area contributed by atoms with E-state index < -0.39 is 0 Å². The highest BCUT2D eigenvalue weighted by Gasteiger charge is 1.99. The van der Waals surface area contributed by atoms with Gasteiger partial charge in [0.2, 0.25) is 0 Å². The van der Waals surface area contributed by atoms with E-state index in [0.29, 0.717) is 12.4 Å².